The SMILES string of the molecule is CC1c2cc(Cl)c(Cl)cc2C(=O)N1C1CC1. The fraction of sp³-hybridized carbons (Fsp3) is 0.417. The second-order valence-corrected chi connectivity index (χ2v) is 5.29. The minimum Gasteiger partial charge on any atom is -0.329 e. The molecule has 0 radical (unpaired) electrons. The molecule has 0 bridgehead atoms. The van der Waals surface area contributed by atoms with Crippen LogP contribution in [0, 0.1) is 0 Å². The van der Waals surface area contributed by atoms with E-state index in [4.69, 9.17) is 23.2 Å². The lowest BCUT2D eigenvalue weighted by Gasteiger charge is -2.21. The van der Waals surface area contributed by atoms with Crippen molar-refractivity contribution in [1.29, 1.82) is 0 Å². The first-order valence-electron chi connectivity index (χ1n) is 5.41. The maximum Gasteiger partial charge on any atom is 0.255 e. The largest absolute Gasteiger partial charge is 0.329 e. The monoisotopic (exact) mass is 255 g/mol. The Morgan fingerprint density at radius 1 is 1.25 bits per heavy atom. The van der Waals surface area contributed by atoms with Crippen LogP contribution in [0.2, 0.25) is 10.0 Å². The Hall–Kier alpha value is -0.730. The third-order valence-electron chi connectivity index (χ3n) is 3.36. The summed E-state index contributed by atoms with van der Waals surface area (Å²) in [7, 11) is 0. The van der Waals surface area contributed by atoms with Gasteiger partial charge in [-0.15, -0.1) is 0 Å². The van der Waals surface area contributed by atoms with Crippen LogP contribution in [-0.2, 0) is 0 Å². The molecule has 2 aliphatic rings. The first-order chi connectivity index (χ1) is 7.59. The van der Waals surface area contributed by atoms with Crippen LogP contribution in [0.25, 0.3) is 0 Å². The first-order valence-corrected chi connectivity index (χ1v) is 6.17. The van der Waals surface area contributed by atoms with Gasteiger partial charge in [-0.05, 0) is 37.5 Å². The van der Waals surface area contributed by atoms with Crippen LogP contribution in [-0.4, -0.2) is 16.8 Å². The molecular formula is C12H11Cl2NO. The summed E-state index contributed by atoms with van der Waals surface area (Å²) in [6.07, 6.45) is 2.23. The summed E-state index contributed by atoms with van der Waals surface area (Å²) >= 11 is 11.9. The highest BCUT2D eigenvalue weighted by Crippen LogP contribution is 2.43. The summed E-state index contributed by atoms with van der Waals surface area (Å²) in [5.41, 5.74) is 1.72. The van der Waals surface area contributed by atoms with Crippen LogP contribution < -0.4 is 0 Å². The molecule has 2 nitrogen and oxygen atoms in total. The molecule has 3 rings (SSSR count). The van der Waals surface area contributed by atoms with Crippen molar-refractivity contribution in [2.24, 2.45) is 0 Å². The average Bonchev–Trinajstić information content (AvgIpc) is 3.02. The number of benzene rings is 1. The topological polar surface area (TPSA) is 20.3 Å². The van der Waals surface area contributed by atoms with Gasteiger partial charge in [0, 0.05) is 11.6 Å². The molecule has 1 saturated carbocycles. The van der Waals surface area contributed by atoms with Crippen LogP contribution in [0.1, 0.15) is 41.7 Å². The molecular weight excluding hydrogens is 245 g/mol. The van der Waals surface area contributed by atoms with Gasteiger partial charge in [-0.2, -0.15) is 0 Å². The van der Waals surface area contributed by atoms with E-state index >= 15 is 0 Å². The number of amides is 1. The normalized spacial score (nSPS) is 23.8. The Bertz CT molecular complexity index is 482. The zero-order valence-corrected chi connectivity index (χ0v) is 10.3. The third kappa shape index (κ3) is 1.36. The van der Waals surface area contributed by atoms with Gasteiger partial charge < -0.3 is 4.90 Å². The minimum absolute atomic E-state index is 0.101. The van der Waals surface area contributed by atoms with E-state index in [1.807, 2.05) is 17.9 Å². The van der Waals surface area contributed by atoms with E-state index in [0.29, 0.717) is 21.7 Å². The molecule has 1 aromatic rings. The maximum absolute atomic E-state index is 12.2. The first kappa shape index (κ1) is 10.4. The van der Waals surface area contributed by atoms with Crippen LogP contribution >= 0.6 is 23.2 Å². The fourth-order valence-electron chi connectivity index (χ4n) is 2.39. The zero-order valence-electron chi connectivity index (χ0n) is 8.84. The Morgan fingerprint density at radius 2 is 1.88 bits per heavy atom. The van der Waals surface area contributed by atoms with Gasteiger partial charge in [-0.25, -0.2) is 0 Å². The van der Waals surface area contributed by atoms with E-state index in [-0.39, 0.29) is 11.9 Å². The molecule has 1 aliphatic carbocycles. The Kier molecular flexibility index (Phi) is 2.20. The minimum atomic E-state index is 0.101. The smallest absolute Gasteiger partial charge is 0.255 e. The van der Waals surface area contributed by atoms with E-state index in [1.165, 1.54) is 0 Å². The number of fused-ring (bicyclic) bond motifs is 1. The molecule has 4 heteroatoms. The van der Waals surface area contributed by atoms with Crippen LogP contribution in [0.4, 0.5) is 0 Å². The molecule has 1 heterocycles. The average molecular weight is 256 g/mol. The van der Waals surface area contributed by atoms with Crippen molar-refractivity contribution in [3.63, 3.8) is 0 Å². The Labute approximate surface area is 104 Å². The van der Waals surface area contributed by atoms with Gasteiger partial charge in [0.15, 0.2) is 0 Å². The van der Waals surface area contributed by atoms with Gasteiger partial charge in [0.2, 0.25) is 0 Å². The third-order valence-corrected chi connectivity index (χ3v) is 4.09. The summed E-state index contributed by atoms with van der Waals surface area (Å²) in [6, 6.07) is 4.07. The van der Waals surface area contributed by atoms with Crippen molar-refractivity contribution in [3.05, 3.63) is 33.3 Å². The summed E-state index contributed by atoms with van der Waals surface area (Å²) < 4.78 is 0. The second kappa shape index (κ2) is 3.38. The highest BCUT2D eigenvalue weighted by atomic mass is 35.5. The molecule has 0 spiro atoms. The molecule has 1 atom stereocenters. The van der Waals surface area contributed by atoms with Crippen molar-refractivity contribution in [2.45, 2.75) is 31.8 Å². The number of carbonyl (C=O) groups is 1. The van der Waals surface area contributed by atoms with Crippen LogP contribution in [0.3, 0.4) is 0 Å². The highest BCUT2D eigenvalue weighted by Gasteiger charge is 2.42. The zero-order chi connectivity index (χ0) is 11.4. The highest BCUT2D eigenvalue weighted by molar-refractivity contribution is 6.42. The van der Waals surface area contributed by atoms with E-state index in [0.717, 1.165) is 18.4 Å². The fourth-order valence-corrected chi connectivity index (χ4v) is 2.73. The van der Waals surface area contributed by atoms with E-state index in [1.54, 1.807) is 6.07 Å². The van der Waals surface area contributed by atoms with Gasteiger partial charge >= 0.3 is 0 Å². The molecule has 16 heavy (non-hydrogen) atoms. The van der Waals surface area contributed by atoms with Crippen LogP contribution in [0.5, 0.6) is 0 Å². The summed E-state index contributed by atoms with van der Waals surface area (Å²) in [6.45, 7) is 2.05. The molecule has 0 saturated heterocycles. The Morgan fingerprint density at radius 3 is 2.50 bits per heavy atom. The van der Waals surface area contributed by atoms with Crippen molar-refractivity contribution in [2.75, 3.05) is 0 Å². The molecule has 0 N–H and O–H groups in total. The second-order valence-electron chi connectivity index (χ2n) is 4.47. The van der Waals surface area contributed by atoms with E-state index < -0.39 is 0 Å². The predicted molar refractivity (Wildman–Crippen MR) is 64.1 cm³/mol. The number of rotatable bonds is 1. The lowest BCUT2D eigenvalue weighted by molar-refractivity contribution is 0.0723. The molecule has 1 amide bonds. The van der Waals surface area contributed by atoms with Crippen molar-refractivity contribution < 1.29 is 4.79 Å². The number of carbonyl (C=O) groups excluding carboxylic acids is 1. The number of hydrogen-bond donors (Lipinski definition) is 0. The standard InChI is InChI=1S/C12H11Cl2NO/c1-6-8-4-10(13)11(14)5-9(8)12(16)15(6)7-2-3-7/h4-7H,2-3H2,1H3. The molecule has 1 unspecified atom stereocenters. The summed E-state index contributed by atoms with van der Waals surface area (Å²) in [5.74, 6) is 0.101. The number of nitrogens with zero attached hydrogens (tertiary/aromatic N) is 1. The van der Waals surface area contributed by atoms with Crippen molar-refractivity contribution >= 4 is 29.1 Å². The molecule has 0 aromatic heterocycles. The summed E-state index contributed by atoms with van der Waals surface area (Å²) in [4.78, 5) is 14.1. The lowest BCUT2D eigenvalue weighted by atomic mass is 10.1. The lowest BCUT2D eigenvalue weighted by Crippen LogP contribution is -2.28. The Balaban J connectivity index is 2.11. The van der Waals surface area contributed by atoms with Crippen molar-refractivity contribution in [3.8, 4) is 0 Å². The molecule has 1 fully saturated rings. The van der Waals surface area contributed by atoms with E-state index in [2.05, 4.69) is 0 Å². The molecule has 1 aliphatic heterocycles. The van der Waals surface area contributed by atoms with Gasteiger partial charge in [0.25, 0.3) is 5.91 Å². The number of halogens is 2. The van der Waals surface area contributed by atoms with Gasteiger partial charge in [0.1, 0.15) is 0 Å². The maximum atomic E-state index is 12.2. The van der Waals surface area contributed by atoms with E-state index in [9.17, 15) is 4.79 Å². The van der Waals surface area contributed by atoms with Crippen LogP contribution in [0.15, 0.2) is 12.1 Å². The van der Waals surface area contributed by atoms with Gasteiger partial charge in [-0.3, -0.25) is 4.79 Å². The number of hydrogen-bond acceptors (Lipinski definition) is 1. The van der Waals surface area contributed by atoms with Gasteiger partial charge in [0.05, 0.1) is 16.1 Å². The molecule has 84 valence electrons. The molecule has 1 aromatic carbocycles. The van der Waals surface area contributed by atoms with Gasteiger partial charge in [-0.1, -0.05) is 23.2 Å². The quantitative estimate of drug-likeness (QED) is 0.750. The summed E-state index contributed by atoms with van der Waals surface area (Å²) in [5, 5.41) is 0.983. The van der Waals surface area contributed by atoms with Crippen molar-refractivity contribution in [1.82, 2.24) is 4.90 Å². The predicted octanol–water partition coefficient (Wildman–Crippen LogP) is 3.67.